The first-order valence-electron chi connectivity index (χ1n) is 6.94. The van der Waals surface area contributed by atoms with Crippen LogP contribution in [0.15, 0.2) is 36.0 Å². The maximum atomic E-state index is 11.9. The Morgan fingerprint density at radius 2 is 2.09 bits per heavy atom. The minimum Gasteiger partial charge on any atom is -0.459 e. The second-order valence-corrected chi connectivity index (χ2v) is 4.69. The van der Waals surface area contributed by atoms with Crippen LogP contribution in [0.1, 0.15) is 5.56 Å². The fraction of sp³-hybridized carbons (Fsp3) is 0.235. The molecule has 116 valence electrons. The lowest BCUT2D eigenvalue weighted by atomic mass is 10.1. The number of esters is 1. The van der Waals surface area contributed by atoms with Gasteiger partial charge in [0.1, 0.15) is 24.8 Å². The molecule has 0 fully saturated rings. The van der Waals surface area contributed by atoms with Crippen LogP contribution in [0, 0.1) is 22.7 Å². The van der Waals surface area contributed by atoms with Crippen LogP contribution in [0.2, 0.25) is 0 Å². The Labute approximate surface area is 133 Å². The van der Waals surface area contributed by atoms with Crippen molar-refractivity contribution in [3.8, 4) is 12.1 Å². The molecule has 0 saturated heterocycles. The summed E-state index contributed by atoms with van der Waals surface area (Å²) in [7, 11) is 1.50. The number of para-hydroxylation sites is 1. The number of hydrogen-bond acceptors (Lipinski definition) is 5. The van der Waals surface area contributed by atoms with Gasteiger partial charge in [0, 0.05) is 29.8 Å². The van der Waals surface area contributed by atoms with Gasteiger partial charge in [0.25, 0.3) is 0 Å². The van der Waals surface area contributed by atoms with Gasteiger partial charge in [0.05, 0.1) is 12.7 Å². The Kier molecular flexibility index (Phi) is 5.51. The molecule has 0 aliphatic rings. The average molecular weight is 309 g/mol. The van der Waals surface area contributed by atoms with Crippen LogP contribution in [0.25, 0.3) is 17.0 Å². The summed E-state index contributed by atoms with van der Waals surface area (Å²) >= 11 is 0. The van der Waals surface area contributed by atoms with Gasteiger partial charge in [-0.1, -0.05) is 18.2 Å². The Balaban J connectivity index is 2.37. The number of ether oxygens (including phenoxy) is 2. The molecule has 0 aliphatic heterocycles. The molecule has 2 aromatic rings. The molecule has 0 spiro atoms. The highest BCUT2D eigenvalue weighted by Crippen LogP contribution is 2.23. The van der Waals surface area contributed by atoms with Crippen LogP contribution >= 0.6 is 0 Å². The van der Waals surface area contributed by atoms with Crippen molar-refractivity contribution >= 4 is 22.9 Å². The van der Waals surface area contributed by atoms with E-state index in [2.05, 4.69) is 6.07 Å². The van der Waals surface area contributed by atoms with Gasteiger partial charge in [-0.15, -0.1) is 0 Å². The molecule has 0 bridgehead atoms. The minimum absolute atomic E-state index is 0.0878. The minimum atomic E-state index is -0.693. The maximum Gasteiger partial charge on any atom is 0.348 e. The summed E-state index contributed by atoms with van der Waals surface area (Å²) in [5.41, 5.74) is 1.46. The molecule has 0 amide bonds. The van der Waals surface area contributed by atoms with Crippen LogP contribution in [0.5, 0.6) is 0 Å². The fourth-order valence-electron chi connectivity index (χ4n) is 2.18. The van der Waals surface area contributed by atoms with Crippen molar-refractivity contribution in [3.63, 3.8) is 0 Å². The van der Waals surface area contributed by atoms with E-state index in [-0.39, 0.29) is 25.3 Å². The van der Waals surface area contributed by atoms with Gasteiger partial charge in [0.15, 0.2) is 0 Å². The number of nitrogens with zero attached hydrogens (tertiary/aromatic N) is 3. The first kappa shape index (κ1) is 16.3. The first-order valence-corrected chi connectivity index (χ1v) is 6.94. The van der Waals surface area contributed by atoms with E-state index in [1.165, 1.54) is 13.2 Å². The molecule has 6 nitrogen and oxygen atoms in total. The lowest BCUT2D eigenvalue weighted by molar-refractivity contribution is -0.139. The largest absolute Gasteiger partial charge is 0.459 e. The van der Waals surface area contributed by atoms with Gasteiger partial charge in [-0.3, -0.25) is 0 Å². The highest BCUT2D eigenvalue weighted by molar-refractivity contribution is 6.01. The predicted molar refractivity (Wildman–Crippen MR) is 84.0 cm³/mol. The highest BCUT2D eigenvalue weighted by atomic mass is 16.6. The van der Waals surface area contributed by atoms with E-state index in [4.69, 9.17) is 14.7 Å². The third-order valence-electron chi connectivity index (χ3n) is 3.22. The van der Waals surface area contributed by atoms with Crippen molar-refractivity contribution in [3.05, 3.63) is 41.6 Å². The number of aromatic nitrogens is 1. The zero-order valence-electron chi connectivity index (χ0n) is 12.7. The summed E-state index contributed by atoms with van der Waals surface area (Å²) in [4.78, 5) is 11.9. The number of benzene rings is 1. The Hall–Kier alpha value is -3.09. The van der Waals surface area contributed by atoms with Crippen molar-refractivity contribution in [2.45, 2.75) is 6.54 Å². The van der Waals surface area contributed by atoms with E-state index >= 15 is 0 Å². The van der Waals surface area contributed by atoms with E-state index in [0.717, 1.165) is 10.9 Å². The van der Waals surface area contributed by atoms with E-state index in [9.17, 15) is 10.1 Å². The molecule has 1 aromatic carbocycles. The summed E-state index contributed by atoms with van der Waals surface area (Å²) in [6.07, 6.45) is 3.22. The summed E-state index contributed by atoms with van der Waals surface area (Å²) in [5.74, 6) is -0.693. The van der Waals surface area contributed by atoms with E-state index in [0.29, 0.717) is 5.56 Å². The summed E-state index contributed by atoms with van der Waals surface area (Å²) in [6, 6.07) is 11.4. The zero-order valence-corrected chi connectivity index (χ0v) is 12.7. The molecule has 2 rings (SSSR count). The van der Waals surface area contributed by atoms with Gasteiger partial charge in [-0.25, -0.2) is 4.79 Å². The Morgan fingerprint density at radius 1 is 1.30 bits per heavy atom. The zero-order chi connectivity index (χ0) is 16.7. The molecule has 0 N–H and O–H groups in total. The molecular weight excluding hydrogens is 294 g/mol. The van der Waals surface area contributed by atoms with Crippen molar-refractivity contribution in [1.29, 1.82) is 10.5 Å². The fourth-order valence-corrected chi connectivity index (χ4v) is 2.18. The monoisotopic (exact) mass is 309 g/mol. The number of hydrogen-bond donors (Lipinski definition) is 0. The third-order valence-corrected chi connectivity index (χ3v) is 3.22. The molecule has 23 heavy (non-hydrogen) atoms. The highest BCUT2D eigenvalue weighted by Gasteiger charge is 2.13. The van der Waals surface area contributed by atoms with Crippen molar-refractivity contribution in [2.75, 3.05) is 20.3 Å². The van der Waals surface area contributed by atoms with E-state index < -0.39 is 5.97 Å². The normalized spacial score (nSPS) is 11.0. The lowest BCUT2D eigenvalue weighted by Crippen LogP contribution is -2.11. The molecule has 0 radical (unpaired) electrons. The molecule has 1 heterocycles. The number of carbonyl (C=O) groups excluding carboxylic acids is 1. The van der Waals surface area contributed by atoms with Crippen LogP contribution < -0.4 is 0 Å². The van der Waals surface area contributed by atoms with Crippen LogP contribution in [-0.2, 0) is 20.8 Å². The van der Waals surface area contributed by atoms with E-state index in [1.807, 2.05) is 30.3 Å². The lowest BCUT2D eigenvalue weighted by Gasteiger charge is -2.02. The Bertz CT molecular complexity index is 822. The summed E-state index contributed by atoms with van der Waals surface area (Å²) in [6.45, 7) is 0.547. The first-order chi connectivity index (χ1) is 11.2. The van der Waals surface area contributed by atoms with Crippen molar-refractivity contribution in [2.24, 2.45) is 0 Å². The second kappa shape index (κ2) is 7.79. The number of rotatable bonds is 6. The van der Waals surface area contributed by atoms with Gasteiger partial charge < -0.3 is 14.0 Å². The topological polar surface area (TPSA) is 88.0 Å². The molecule has 6 heteroatoms. The average Bonchev–Trinajstić information content (AvgIpc) is 2.91. The Morgan fingerprint density at radius 3 is 2.78 bits per heavy atom. The summed E-state index contributed by atoms with van der Waals surface area (Å²) < 4.78 is 11.5. The van der Waals surface area contributed by atoms with Gasteiger partial charge in [-0.2, -0.15) is 10.5 Å². The van der Waals surface area contributed by atoms with Gasteiger partial charge >= 0.3 is 5.97 Å². The smallest absolute Gasteiger partial charge is 0.348 e. The van der Waals surface area contributed by atoms with Crippen molar-refractivity contribution < 1.29 is 14.3 Å². The molecule has 0 atom stereocenters. The number of methoxy groups -OCH3 is 1. The molecular formula is C17H15N3O3. The molecule has 0 saturated carbocycles. The van der Waals surface area contributed by atoms with Crippen LogP contribution in [0.4, 0.5) is 0 Å². The van der Waals surface area contributed by atoms with Gasteiger partial charge in [0.2, 0.25) is 0 Å². The number of carbonyl (C=O) groups is 1. The summed E-state index contributed by atoms with van der Waals surface area (Å²) in [5, 5.41) is 18.9. The molecule has 0 unspecified atom stereocenters. The third kappa shape index (κ3) is 3.76. The van der Waals surface area contributed by atoms with Crippen LogP contribution in [-0.4, -0.2) is 30.9 Å². The van der Waals surface area contributed by atoms with E-state index in [1.54, 1.807) is 10.8 Å². The molecule has 0 aliphatic carbocycles. The second-order valence-electron chi connectivity index (χ2n) is 4.69. The quantitative estimate of drug-likeness (QED) is 0.353. The van der Waals surface area contributed by atoms with Crippen molar-refractivity contribution in [1.82, 2.24) is 4.57 Å². The number of fused-ring (bicyclic) bond motifs is 1. The van der Waals surface area contributed by atoms with Gasteiger partial charge in [-0.05, 0) is 12.1 Å². The van der Waals surface area contributed by atoms with Crippen LogP contribution in [0.3, 0.4) is 0 Å². The molecule has 1 aromatic heterocycles. The predicted octanol–water partition coefficient (Wildman–Crippen LogP) is 2.26. The SMILES string of the molecule is COCCOC(=O)/C(C#N)=C/c1cn(CC#N)c2ccccc12. The maximum absolute atomic E-state index is 11.9. The standard InChI is InChI=1S/C17H15N3O3/c1-22-8-9-23-17(21)13(11-19)10-14-12-20(7-6-18)16-5-3-2-4-15(14)16/h2-5,10,12H,7-9H2,1H3/b13-10+. The number of nitriles is 2.